The van der Waals surface area contributed by atoms with E-state index in [2.05, 4.69) is 24.1 Å². The first-order valence-corrected chi connectivity index (χ1v) is 7.24. The summed E-state index contributed by atoms with van der Waals surface area (Å²) < 4.78 is 0. The zero-order valence-corrected chi connectivity index (χ0v) is 12.4. The third-order valence-electron chi connectivity index (χ3n) is 3.92. The number of aryl methyl sites for hydroxylation is 1. The van der Waals surface area contributed by atoms with Gasteiger partial charge in [0, 0.05) is 36.4 Å². The van der Waals surface area contributed by atoms with Crippen molar-refractivity contribution < 1.29 is 4.92 Å². The molecule has 1 heterocycles. The lowest BCUT2D eigenvalue weighted by Crippen LogP contribution is -2.41. The molecule has 1 fully saturated rings. The van der Waals surface area contributed by atoms with Gasteiger partial charge in [0.2, 0.25) is 0 Å². The summed E-state index contributed by atoms with van der Waals surface area (Å²) in [5.41, 5.74) is 2.22. The maximum absolute atomic E-state index is 11.0. The number of nitrogens with one attached hydrogen (secondary N) is 1. The van der Waals surface area contributed by atoms with Crippen LogP contribution in [0.2, 0.25) is 0 Å². The van der Waals surface area contributed by atoms with Crippen molar-refractivity contribution in [3.05, 3.63) is 33.9 Å². The topological polar surface area (TPSA) is 58.4 Å². The monoisotopic (exact) mass is 277 g/mol. The molecule has 1 aromatic rings. The Morgan fingerprint density at radius 1 is 1.50 bits per heavy atom. The first-order chi connectivity index (χ1) is 9.49. The van der Waals surface area contributed by atoms with Gasteiger partial charge in [-0.1, -0.05) is 6.07 Å². The number of nitro benzene ring substituents is 1. The van der Waals surface area contributed by atoms with Crippen LogP contribution in [-0.4, -0.2) is 30.1 Å². The number of hydrogen-bond acceptors (Lipinski definition) is 4. The van der Waals surface area contributed by atoms with Crippen LogP contribution in [0.25, 0.3) is 0 Å². The Morgan fingerprint density at radius 3 is 2.80 bits per heavy atom. The summed E-state index contributed by atoms with van der Waals surface area (Å²) in [5.74, 6) is 0. The predicted molar refractivity (Wildman–Crippen MR) is 81.3 cm³/mol. The summed E-state index contributed by atoms with van der Waals surface area (Å²) in [6.07, 6.45) is 2.39. The van der Waals surface area contributed by atoms with Gasteiger partial charge in [-0.25, -0.2) is 0 Å². The summed E-state index contributed by atoms with van der Waals surface area (Å²) >= 11 is 0. The normalized spacial score (nSPS) is 18.5. The second-order valence-electron chi connectivity index (χ2n) is 5.77. The van der Waals surface area contributed by atoms with Gasteiger partial charge in [0.15, 0.2) is 0 Å². The lowest BCUT2D eigenvalue weighted by molar-refractivity contribution is -0.384. The summed E-state index contributed by atoms with van der Waals surface area (Å²) in [5, 5.41) is 14.5. The van der Waals surface area contributed by atoms with E-state index in [-0.39, 0.29) is 10.6 Å². The molecule has 1 aliphatic heterocycles. The molecule has 1 atom stereocenters. The van der Waals surface area contributed by atoms with E-state index in [0.717, 1.165) is 24.3 Å². The molecule has 20 heavy (non-hydrogen) atoms. The minimum atomic E-state index is -0.324. The minimum absolute atomic E-state index is 0.163. The SMILES string of the molecule is Cc1ccc([N+](=O)[O-])cc1N(CC1CCCN1)C(C)C. The number of nitrogens with zero attached hydrogens (tertiary/aromatic N) is 2. The quantitative estimate of drug-likeness (QED) is 0.664. The average molecular weight is 277 g/mol. The number of rotatable bonds is 5. The van der Waals surface area contributed by atoms with E-state index < -0.39 is 0 Å². The van der Waals surface area contributed by atoms with Gasteiger partial charge < -0.3 is 10.2 Å². The summed E-state index contributed by atoms with van der Waals surface area (Å²) in [7, 11) is 0. The fourth-order valence-corrected chi connectivity index (χ4v) is 2.76. The molecule has 5 heteroatoms. The van der Waals surface area contributed by atoms with Crippen molar-refractivity contribution in [3.8, 4) is 0 Å². The highest BCUT2D eigenvalue weighted by Crippen LogP contribution is 2.28. The van der Waals surface area contributed by atoms with Crippen molar-refractivity contribution in [2.75, 3.05) is 18.0 Å². The third kappa shape index (κ3) is 3.28. The van der Waals surface area contributed by atoms with Crippen molar-refractivity contribution in [1.82, 2.24) is 5.32 Å². The maximum atomic E-state index is 11.0. The molecule has 1 aliphatic rings. The summed E-state index contributed by atoms with van der Waals surface area (Å²) in [4.78, 5) is 12.9. The lowest BCUT2D eigenvalue weighted by Gasteiger charge is -2.32. The first-order valence-electron chi connectivity index (χ1n) is 7.24. The van der Waals surface area contributed by atoms with E-state index >= 15 is 0 Å². The van der Waals surface area contributed by atoms with Crippen LogP contribution in [-0.2, 0) is 0 Å². The van der Waals surface area contributed by atoms with Gasteiger partial charge in [0.05, 0.1) is 4.92 Å². The molecule has 1 aromatic carbocycles. The number of hydrogen-bond donors (Lipinski definition) is 1. The van der Waals surface area contributed by atoms with Crippen LogP contribution in [0.3, 0.4) is 0 Å². The van der Waals surface area contributed by atoms with Crippen LogP contribution < -0.4 is 10.2 Å². The standard InChI is InChI=1S/C15H23N3O2/c1-11(2)17(10-13-5-4-8-16-13)15-9-14(18(19)20)7-6-12(15)3/h6-7,9,11,13,16H,4-5,8,10H2,1-3H3. The Balaban J connectivity index is 2.27. The molecule has 0 bridgehead atoms. The van der Waals surface area contributed by atoms with Crippen LogP contribution in [0.5, 0.6) is 0 Å². The largest absolute Gasteiger partial charge is 0.367 e. The number of nitro groups is 1. The Kier molecular flexibility index (Phi) is 4.60. The van der Waals surface area contributed by atoms with Gasteiger partial charge in [-0.15, -0.1) is 0 Å². The number of anilines is 1. The highest BCUT2D eigenvalue weighted by atomic mass is 16.6. The van der Waals surface area contributed by atoms with Crippen LogP contribution in [0.1, 0.15) is 32.3 Å². The Bertz CT molecular complexity index is 482. The zero-order chi connectivity index (χ0) is 14.7. The maximum Gasteiger partial charge on any atom is 0.271 e. The molecule has 1 unspecified atom stereocenters. The molecule has 110 valence electrons. The second-order valence-corrected chi connectivity index (χ2v) is 5.77. The van der Waals surface area contributed by atoms with Gasteiger partial charge in [-0.05, 0) is 45.7 Å². The third-order valence-corrected chi connectivity index (χ3v) is 3.92. The molecule has 0 amide bonds. The van der Waals surface area contributed by atoms with Crippen molar-refractivity contribution >= 4 is 11.4 Å². The second kappa shape index (κ2) is 6.22. The lowest BCUT2D eigenvalue weighted by atomic mass is 10.1. The predicted octanol–water partition coefficient (Wildman–Crippen LogP) is 2.87. The van der Waals surface area contributed by atoms with Crippen LogP contribution >= 0.6 is 0 Å². The van der Waals surface area contributed by atoms with Crippen molar-refractivity contribution in [3.63, 3.8) is 0 Å². The van der Waals surface area contributed by atoms with E-state index in [1.165, 1.54) is 12.8 Å². The molecular weight excluding hydrogens is 254 g/mol. The first kappa shape index (κ1) is 14.8. The van der Waals surface area contributed by atoms with Gasteiger partial charge >= 0.3 is 0 Å². The molecular formula is C15H23N3O2. The summed E-state index contributed by atoms with van der Waals surface area (Å²) in [6.45, 7) is 8.25. The van der Waals surface area contributed by atoms with E-state index in [1.807, 2.05) is 13.0 Å². The highest BCUT2D eigenvalue weighted by molar-refractivity contribution is 5.59. The van der Waals surface area contributed by atoms with Gasteiger partial charge in [0.1, 0.15) is 0 Å². The van der Waals surface area contributed by atoms with Crippen LogP contribution in [0.15, 0.2) is 18.2 Å². The summed E-state index contributed by atoms with van der Waals surface area (Å²) in [6, 6.07) is 5.91. The Labute approximate surface area is 120 Å². The Morgan fingerprint density at radius 2 is 2.25 bits per heavy atom. The van der Waals surface area contributed by atoms with Gasteiger partial charge in [0.25, 0.3) is 5.69 Å². The molecule has 5 nitrogen and oxygen atoms in total. The average Bonchev–Trinajstić information content (AvgIpc) is 2.89. The minimum Gasteiger partial charge on any atom is -0.367 e. The smallest absolute Gasteiger partial charge is 0.271 e. The fourth-order valence-electron chi connectivity index (χ4n) is 2.76. The van der Waals surface area contributed by atoms with Crippen molar-refractivity contribution in [2.45, 2.75) is 45.7 Å². The molecule has 0 aromatic heterocycles. The number of non-ortho nitro benzene ring substituents is 1. The highest BCUT2D eigenvalue weighted by Gasteiger charge is 2.22. The van der Waals surface area contributed by atoms with Crippen LogP contribution in [0.4, 0.5) is 11.4 Å². The van der Waals surface area contributed by atoms with Crippen LogP contribution in [0, 0.1) is 17.0 Å². The van der Waals surface area contributed by atoms with E-state index in [0.29, 0.717) is 12.1 Å². The molecule has 0 radical (unpaired) electrons. The number of benzene rings is 1. The molecule has 0 aliphatic carbocycles. The van der Waals surface area contributed by atoms with Crippen molar-refractivity contribution in [2.24, 2.45) is 0 Å². The van der Waals surface area contributed by atoms with Crippen molar-refractivity contribution in [1.29, 1.82) is 0 Å². The van der Waals surface area contributed by atoms with E-state index in [4.69, 9.17) is 0 Å². The van der Waals surface area contributed by atoms with Gasteiger partial charge in [-0.3, -0.25) is 10.1 Å². The molecule has 1 saturated heterocycles. The molecule has 2 rings (SSSR count). The molecule has 0 saturated carbocycles. The fraction of sp³-hybridized carbons (Fsp3) is 0.600. The van der Waals surface area contributed by atoms with E-state index in [9.17, 15) is 10.1 Å². The zero-order valence-electron chi connectivity index (χ0n) is 12.4. The molecule has 0 spiro atoms. The Hall–Kier alpha value is -1.62. The van der Waals surface area contributed by atoms with Gasteiger partial charge in [-0.2, -0.15) is 0 Å². The molecule has 1 N–H and O–H groups in total. The van der Waals surface area contributed by atoms with E-state index in [1.54, 1.807) is 12.1 Å².